The number of carbonyl (C=O) groups is 1. The second kappa shape index (κ2) is 35.2. The zero-order valence-electron chi connectivity index (χ0n) is 30.9. The molecule has 0 saturated heterocycles. The first-order valence-corrected chi connectivity index (χ1v) is 20.2. The van der Waals surface area contributed by atoms with Crippen LogP contribution in [0.1, 0.15) is 207 Å². The minimum absolute atomic E-state index is 0.0540. The Labute approximate surface area is 277 Å². The first-order valence-electron chi connectivity index (χ1n) is 20.2. The number of ether oxygens (including phenoxy) is 2. The summed E-state index contributed by atoms with van der Waals surface area (Å²) in [5.41, 5.74) is 0. The molecule has 0 spiro atoms. The molecule has 0 atom stereocenters. The standard InChI is InChI=1S/C40H82NO3/c1-5-9-11-13-15-17-19-21-23-25-27-29-31-33-35-41(7-3,8-4)36-37-43-38-39-44-40(42)34-32-30-28-26-24-22-20-18-16-14-12-10-6-2/h5-39H2,1-4H3/q+1. The average Bonchev–Trinajstić information content (AvgIpc) is 3.04. The van der Waals surface area contributed by atoms with Crippen LogP contribution in [0.2, 0.25) is 0 Å². The highest BCUT2D eigenvalue weighted by Gasteiger charge is 2.22. The maximum absolute atomic E-state index is 12.1. The summed E-state index contributed by atoms with van der Waals surface area (Å²) in [6.45, 7) is 15.6. The van der Waals surface area contributed by atoms with Crippen LogP contribution < -0.4 is 0 Å². The molecule has 0 aliphatic heterocycles. The van der Waals surface area contributed by atoms with Crippen molar-refractivity contribution in [3.05, 3.63) is 0 Å². The van der Waals surface area contributed by atoms with Crippen molar-refractivity contribution in [2.45, 2.75) is 207 Å². The Morgan fingerprint density at radius 2 is 0.773 bits per heavy atom. The quantitative estimate of drug-likeness (QED) is 0.0392. The molecule has 0 amide bonds. The second-order valence-electron chi connectivity index (χ2n) is 13.8. The van der Waals surface area contributed by atoms with Crippen LogP contribution in [0.4, 0.5) is 0 Å². The highest BCUT2D eigenvalue weighted by Crippen LogP contribution is 2.16. The van der Waals surface area contributed by atoms with Gasteiger partial charge < -0.3 is 14.0 Å². The van der Waals surface area contributed by atoms with E-state index < -0.39 is 0 Å². The molecule has 0 unspecified atom stereocenters. The van der Waals surface area contributed by atoms with Crippen molar-refractivity contribution in [1.29, 1.82) is 0 Å². The van der Waals surface area contributed by atoms with E-state index in [9.17, 15) is 4.79 Å². The molecule has 0 aliphatic carbocycles. The maximum Gasteiger partial charge on any atom is 0.305 e. The highest BCUT2D eigenvalue weighted by molar-refractivity contribution is 5.69. The van der Waals surface area contributed by atoms with Gasteiger partial charge in [-0.3, -0.25) is 4.79 Å². The summed E-state index contributed by atoms with van der Waals surface area (Å²) in [5, 5.41) is 0. The van der Waals surface area contributed by atoms with Crippen LogP contribution in [0.15, 0.2) is 0 Å². The monoisotopic (exact) mass is 625 g/mol. The Morgan fingerprint density at radius 1 is 0.409 bits per heavy atom. The molecule has 0 saturated carbocycles. The van der Waals surface area contributed by atoms with Crippen LogP contribution in [0, 0.1) is 0 Å². The largest absolute Gasteiger partial charge is 0.463 e. The Kier molecular flexibility index (Phi) is 34.8. The van der Waals surface area contributed by atoms with Crippen LogP contribution >= 0.6 is 0 Å². The minimum atomic E-state index is -0.0540. The van der Waals surface area contributed by atoms with E-state index in [1.807, 2.05) is 0 Å². The zero-order chi connectivity index (χ0) is 32.2. The van der Waals surface area contributed by atoms with Gasteiger partial charge in [0.15, 0.2) is 0 Å². The molecule has 44 heavy (non-hydrogen) atoms. The number of unbranched alkanes of at least 4 members (excludes halogenated alkanes) is 25. The van der Waals surface area contributed by atoms with E-state index in [4.69, 9.17) is 9.47 Å². The molecular weight excluding hydrogens is 542 g/mol. The van der Waals surface area contributed by atoms with E-state index in [0.29, 0.717) is 19.6 Å². The van der Waals surface area contributed by atoms with Crippen LogP contribution in [0.3, 0.4) is 0 Å². The van der Waals surface area contributed by atoms with Crippen molar-refractivity contribution in [3.8, 4) is 0 Å². The fourth-order valence-corrected chi connectivity index (χ4v) is 6.54. The number of rotatable bonds is 37. The molecule has 0 N–H and O–H groups in total. The predicted molar refractivity (Wildman–Crippen MR) is 193 cm³/mol. The number of hydrogen-bond acceptors (Lipinski definition) is 3. The smallest absolute Gasteiger partial charge is 0.305 e. The van der Waals surface area contributed by atoms with Crippen LogP contribution in [-0.2, 0) is 14.3 Å². The van der Waals surface area contributed by atoms with Crippen molar-refractivity contribution >= 4 is 5.97 Å². The van der Waals surface area contributed by atoms with Gasteiger partial charge in [-0.05, 0) is 33.1 Å². The zero-order valence-corrected chi connectivity index (χ0v) is 30.9. The number of esters is 1. The van der Waals surface area contributed by atoms with Gasteiger partial charge in [0.2, 0.25) is 0 Å². The highest BCUT2D eigenvalue weighted by atomic mass is 16.6. The summed E-state index contributed by atoms with van der Waals surface area (Å²) in [6, 6.07) is 0. The van der Waals surface area contributed by atoms with Gasteiger partial charge in [-0.1, -0.05) is 168 Å². The molecule has 0 rings (SSSR count). The third-order valence-corrected chi connectivity index (χ3v) is 10.0. The molecule has 264 valence electrons. The Balaban J connectivity index is 3.59. The molecule has 0 aromatic rings. The topological polar surface area (TPSA) is 35.5 Å². The molecule has 4 nitrogen and oxygen atoms in total. The van der Waals surface area contributed by atoms with E-state index in [2.05, 4.69) is 27.7 Å². The predicted octanol–water partition coefficient (Wildman–Crippen LogP) is 12.4. The van der Waals surface area contributed by atoms with Crippen LogP contribution in [0.25, 0.3) is 0 Å². The van der Waals surface area contributed by atoms with Crippen molar-refractivity contribution in [3.63, 3.8) is 0 Å². The van der Waals surface area contributed by atoms with Gasteiger partial charge in [0.25, 0.3) is 0 Å². The SMILES string of the molecule is CCCCCCCCCCCCCCCC[N+](CC)(CC)CCOCCOC(=O)CCCCCCCCCCCCCCC. The first-order chi connectivity index (χ1) is 21.6. The van der Waals surface area contributed by atoms with Crippen LogP contribution in [-0.4, -0.2) is 56.5 Å². The minimum Gasteiger partial charge on any atom is -0.463 e. The Bertz CT molecular complexity index is 563. The second-order valence-corrected chi connectivity index (χ2v) is 13.8. The van der Waals surface area contributed by atoms with Gasteiger partial charge in [-0.15, -0.1) is 0 Å². The lowest BCUT2D eigenvalue weighted by Gasteiger charge is -2.37. The van der Waals surface area contributed by atoms with Gasteiger partial charge >= 0.3 is 5.97 Å². The molecule has 0 bridgehead atoms. The van der Waals surface area contributed by atoms with Gasteiger partial charge in [0, 0.05) is 6.42 Å². The van der Waals surface area contributed by atoms with E-state index in [1.165, 1.54) is 180 Å². The number of carbonyl (C=O) groups excluding carboxylic acids is 1. The number of likely N-dealkylation sites (N-methyl/N-ethyl adjacent to an activating group) is 1. The van der Waals surface area contributed by atoms with Crippen molar-refractivity contribution in [1.82, 2.24) is 0 Å². The van der Waals surface area contributed by atoms with Crippen molar-refractivity contribution < 1.29 is 18.8 Å². The molecule has 0 aliphatic rings. The molecule has 0 heterocycles. The average molecular weight is 625 g/mol. The fraction of sp³-hybridized carbons (Fsp3) is 0.975. The summed E-state index contributed by atoms with van der Waals surface area (Å²) in [5.74, 6) is -0.0540. The summed E-state index contributed by atoms with van der Waals surface area (Å²) >= 11 is 0. The normalized spacial score (nSPS) is 11.8. The lowest BCUT2D eigenvalue weighted by molar-refractivity contribution is -0.925. The fourth-order valence-electron chi connectivity index (χ4n) is 6.54. The van der Waals surface area contributed by atoms with Crippen molar-refractivity contribution in [2.24, 2.45) is 0 Å². The summed E-state index contributed by atoms with van der Waals surface area (Å²) in [4.78, 5) is 12.1. The van der Waals surface area contributed by atoms with Crippen LogP contribution in [0.5, 0.6) is 0 Å². The van der Waals surface area contributed by atoms with E-state index in [0.717, 1.165) is 30.5 Å². The molecule has 0 aromatic carbocycles. The third kappa shape index (κ3) is 30.1. The van der Waals surface area contributed by atoms with E-state index in [1.54, 1.807) is 0 Å². The summed E-state index contributed by atoms with van der Waals surface area (Å²) < 4.78 is 12.5. The van der Waals surface area contributed by atoms with Gasteiger partial charge in [-0.25, -0.2) is 0 Å². The van der Waals surface area contributed by atoms with E-state index in [-0.39, 0.29) is 5.97 Å². The van der Waals surface area contributed by atoms with Crippen molar-refractivity contribution in [2.75, 3.05) is 46.0 Å². The number of hydrogen-bond donors (Lipinski definition) is 0. The number of quaternary nitrogens is 1. The summed E-state index contributed by atoms with van der Waals surface area (Å²) in [7, 11) is 0. The maximum atomic E-state index is 12.1. The third-order valence-electron chi connectivity index (χ3n) is 10.0. The molecule has 0 radical (unpaired) electrons. The summed E-state index contributed by atoms with van der Waals surface area (Å²) in [6.07, 6.45) is 37.6. The lowest BCUT2D eigenvalue weighted by Crippen LogP contribution is -2.50. The van der Waals surface area contributed by atoms with Gasteiger partial charge in [0.05, 0.1) is 32.8 Å². The van der Waals surface area contributed by atoms with Gasteiger partial charge in [-0.2, -0.15) is 0 Å². The Morgan fingerprint density at radius 3 is 1.16 bits per heavy atom. The molecule has 0 fully saturated rings. The molecule has 4 heteroatoms. The van der Waals surface area contributed by atoms with E-state index >= 15 is 0 Å². The molecular formula is C40H82NO3+. The first kappa shape index (κ1) is 43.4. The lowest BCUT2D eigenvalue weighted by atomic mass is 10.0. The molecule has 0 aromatic heterocycles. The number of nitrogens with zero attached hydrogens (tertiary/aromatic N) is 1. The Hall–Kier alpha value is -0.610. The van der Waals surface area contributed by atoms with Gasteiger partial charge in [0.1, 0.15) is 13.2 Å².